The first-order valence-electron chi connectivity index (χ1n) is 6.56. The van der Waals surface area contributed by atoms with Crippen LogP contribution in [-0.4, -0.2) is 57.4 Å². The summed E-state index contributed by atoms with van der Waals surface area (Å²) in [5.74, 6) is 0.191. The van der Waals surface area contributed by atoms with Gasteiger partial charge in [-0.1, -0.05) is 6.08 Å². The Bertz CT molecular complexity index is 376. The second-order valence-corrected chi connectivity index (χ2v) is 6.93. The standard InChI is InChI=1S/C12H22N2O3S.ClH/c1-2-12(11-3-5-13-6-4-11)18(15,16)14-7-9-17-10-8-14;/h2,11-13H,1,3-10H2;1H. The van der Waals surface area contributed by atoms with Crippen molar-refractivity contribution in [2.24, 2.45) is 5.92 Å². The van der Waals surface area contributed by atoms with Crippen LogP contribution in [0.3, 0.4) is 0 Å². The van der Waals surface area contributed by atoms with Crippen LogP contribution in [0.2, 0.25) is 0 Å². The second-order valence-electron chi connectivity index (χ2n) is 4.84. The lowest BCUT2D eigenvalue weighted by atomic mass is 9.94. The molecule has 0 aromatic carbocycles. The van der Waals surface area contributed by atoms with E-state index < -0.39 is 15.3 Å². The van der Waals surface area contributed by atoms with Gasteiger partial charge in [-0.3, -0.25) is 0 Å². The van der Waals surface area contributed by atoms with Crippen molar-refractivity contribution in [1.82, 2.24) is 9.62 Å². The molecular weight excluding hydrogens is 288 g/mol. The molecule has 0 radical (unpaired) electrons. The zero-order valence-electron chi connectivity index (χ0n) is 11.1. The average molecular weight is 311 g/mol. The molecule has 2 rings (SSSR count). The third kappa shape index (κ3) is 3.92. The number of halogens is 1. The minimum Gasteiger partial charge on any atom is -0.379 e. The zero-order chi connectivity index (χ0) is 13.0. The van der Waals surface area contributed by atoms with E-state index in [0.717, 1.165) is 25.9 Å². The molecule has 0 aliphatic carbocycles. The van der Waals surface area contributed by atoms with Crippen LogP contribution in [0.1, 0.15) is 12.8 Å². The van der Waals surface area contributed by atoms with Gasteiger partial charge in [0.15, 0.2) is 0 Å². The number of hydrogen-bond acceptors (Lipinski definition) is 4. The van der Waals surface area contributed by atoms with Crippen molar-refractivity contribution < 1.29 is 13.2 Å². The van der Waals surface area contributed by atoms with Crippen LogP contribution in [0.5, 0.6) is 0 Å². The van der Waals surface area contributed by atoms with Crippen LogP contribution in [0.15, 0.2) is 12.7 Å². The number of piperidine rings is 1. The van der Waals surface area contributed by atoms with E-state index in [1.165, 1.54) is 0 Å². The highest BCUT2D eigenvalue weighted by Gasteiger charge is 2.36. The summed E-state index contributed by atoms with van der Waals surface area (Å²) < 4.78 is 32.0. The molecule has 0 aromatic rings. The van der Waals surface area contributed by atoms with Crippen LogP contribution in [-0.2, 0) is 14.8 Å². The van der Waals surface area contributed by atoms with Crippen LogP contribution in [0, 0.1) is 5.92 Å². The zero-order valence-corrected chi connectivity index (χ0v) is 12.7. The first-order valence-corrected chi connectivity index (χ1v) is 8.06. The third-order valence-corrected chi connectivity index (χ3v) is 6.10. The Morgan fingerprint density at radius 1 is 1.26 bits per heavy atom. The SMILES string of the molecule is C=CC(C1CCNCC1)S(=O)(=O)N1CCOCC1.Cl. The number of ether oxygens (including phenoxy) is 1. The van der Waals surface area contributed by atoms with E-state index in [4.69, 9.17) is 4.74 Å². The fourth-order valence-corrected chi connectivity index (χ4v) is 4.71. The van der Waals surface area contributed by atoms with Crippen molar-refractivity contribution in [1.29, 1.82) is 0 Å². The normalized spacial score (nSPS) is 24.4. The Hall–Kier alpha value is -0.140. The average Bonchev–Trinajstić information content (AvgIpc) is 2.41. The summed E-state index contributed by atoms with van der Waals surface area (Å²) in [6, 6.07) is 0. The first kappa shape index (κ1) is 16.9. The molecule has 2 saturated heterocycles. The highest BCUT2D eigenvalue weighted by atomic mass is 35.5. The summed E-state index contributed by atoms with van der Waals surface area (Å²) in [6.07, 6.45) is 3.42. The van der Waals surface area contributed by atoms with Crippen molar-refractivity contribution >= 4 is 22.4 Å². The number of sulfonamides is 1. The molecule has 0 aromatic heterocycles. The molecule has 0 bridgehead atoms. The second kappa shape index (κ2) is 7.59. The number of morpholine rings is 1. The molecule has 2 fully saturated rings. The number of nitrogens with zero attached hydrogens (tertiary/aromatic N) is 1. The largest absolute Gasteiger partial charge is 0.379 e. The van der Waals surface area contributed by atoms with Gasteiger partial charge >= 0.3 is 0 Å². The van der Waals surface area contributed by atoms with Gasteiger partial charge in [-0.25, -0.2) is 8.42 Å². The van der Waals surface area contributed by atoms with Gasteiger partial charge < -0.3 is 10.1 Å². The summed E-state index contributed by atoms with van der Waals surface area (Å²) >= 11 is 0. The fraction of sp³-hybridized carbons (Fsp3) is 0.833. The molecule has 1 unspecified atom stereocenters. The van der Waals surface area contributed by atoms with E-state index in [-0.39, 0.29) is 18.3 Å². The van der Waals surface area contributed by atoms with Crippen LogP contribution >= 0.6 is 12.4 Å². The molecule has 112 valence electrons. The van der Waals surface area contributed by atoms with Gasteiger partial charge in [0.2, 0.25) is 10.0 Å². The van der Waals surface area contributed by atoms with Gasteiger partial charge in [-0.2, -0.15) is 4.31 Å². The van der Waals surface area contributed by atoms with Crippen molar-refractivity contribution in [2.75, 3.05) is 39.4 Å². The number of rotatable bonds is 4. The molecule has 2 heterocycles. The van der Waals surface area contributed by atoms with Gasteiger partial charge in [-0.15, -0.1) is 19.0 Å². The van der Waals surface area contributed by atoms with Crippen molar-refractivity contribution in [3.63, 3.8) is 0 Å². The Morgan fingerprint density at radius 3 is 2.37 bits per heavy atom. The minimum absolute atomic E-state index is 0. The van der Waals surface area contributed by atoms with Crippen molar-refractivity contribution in [3.05, 3.63) is 12.7 Å². The fourth-order valence-electron chi connectivity index (χ4n) is 2.70. The monoisotopic (exact) mass is 310 g/mol. The number of nitrogens with one attached hydrogen (secondary N) is 1. The maximum atomic E-state index is 12.6. The van der Waals surface area contributed by atoms with E-state index >= 15 is 0 Å². The highest BCUT2D eigenvalue weighted by Crippen LogP contribution is 2.25. The van der Waals surface area contributed by atoms with Crippen LogP contribution in [0.4, 0.5) is 0 Å². The molecule has 5 nitrogen and oxygen atoms in total. The smallest absolute Gasteiger partial charge is 0.220 e. The summed E-state index contributed by atoms with van der Waals surface area (Å²) in [6.45, 7) is 7.46. The summed E-state index contributed by atoms with van der Waals surface area (Å²) in [4.78, 5) is 0. The molecule has 2 aliphatic rings. The third-order valence-electron chi connectivity index (χ3n) is 3.75. The van der Waals surface area contributed by atoms with Gasteiger partial charge in [-0.05, 0) is 31.8 Å². The Labute approximate surface area is 121 Å². The molecule has 0 amide bonds. The van der Waals surface area contributed by atoms with E-state index in [2.05, 4.69) is 11.9 Å². The lowest BCUT2D eigenvalue weighted by Crippen LogP contribution is -2.48. The summed E-state index contributed by atoms with van der Waals surface area (Å²) in [5, 5.41) is 2.82. The molecule has 1 N–H and O–H groups in total. The quantitative estimate of drug-likeness (QED) is 0.774. The predicted molar refractivity (Wildman–Crippen MR) is 78.1 cm³/mol. The first-order chi connectivity index (χ1) is 8.66. The van der Waals surface area contributed by atoms with E-state index in [1.807, 2.05) is 0 Å². The molecule has 0 saturated carbocycles. The highest BCUT2D eigenvalue weighted by molar-refractivity contribution is 7.89. The number of hydrogen-bond donors (Lipinski definition) is 1. The predicted octanol–water partition coefficient (Wildman–Crippen LogP) is 0.624. The summed E-state index contributed by atoms with van der Waals surface area (Å²) in [5.41, 5.74) is 0. The van der Waals surface area contributed by atoms with Crippen LogP contribution in [0.25, 0.3) is 0 Å². The lowest BCUT2D eigenvalue weighted by molar-refractivity contribution is 0.0724. The molecular formula is C12H23ClN2O3S. The molecule has 1 atom stereocenters. The maximum absolute atomic E-state index is 12.6. The van der Waals surface area contributed by atoms with E-state index in [0.29, 0.717) is 26.3 Å². The lowest BCUT2D eigenvalue weighted by Gasteiger charge is -2.34. The topological polar surface area (TPSA) is 58.6 Å². The van der Waals surface area contributed by atoms with Gasteiger partial charge in [0.05, 0.1) is 18.5 Å². The van der Waals surface area contributed by atoms with Crippen molar-refractivity contribution in [2.45, 2.75) is 18.1 Å². The molecule has 7 heteroatoms. The molecule has 0 spiro atoms. The Morgan fingerprint density at radius 2 is 1.84 bits per heavy atom. The summed E-state index contributed by atoms with van der Waals surface area (Å²) in [7, 11) is -3.27. The maximum Gasteiger partial charge on any atom is 0.220 e. The van der Waals surface area contributed by atoms with Gasteiger partial charge in [0.1, 0.15) is 0 Å². The molecule has 19 heavy (non-hydrogen) atoms. The minimum atomic E-state index is -3.27. The Balaban J connectivity index is 0.00000180. The van der Waals surface area contributed by atoms with E-state index in [9.17, 15) is 8.42 Å². The molecule has 2 aliphatic heterocycles. The Kier molecular flexibility index (Phi) is 6.76. The van der Waals surface area contributed by atoms with E-state index in [1.54, 1.807) is 10.4 Å². The van der Waals surface area contributed by atoms with Crippen LogP contribution < -0.4 is 5.32 Å². The van der Waals surface area contributed by atoms with Crippen molar-refractivity contribution in [3.8, 4) is 0 Å². The van der Waals surface area contributed by atoms with Gasteiger partial charge in [0, 0.05) is 13.1 Å². The van der Waals surface area contributed by atoms with Gasteiger partial charge in [0.25, 0.3) is 0 Å².